The molecule has 0 aliphatic heterocycles. The number of benzene rings is 1. The first-order valence-electron chi connectivity index (χ1n) is 10.5. The Bertz CT molecular complexity index is 653. The van der Waals surface area contributed by atoms with Crippen LogP contribution in [0.1, 0.15) is 132 Å². The molecule has 28 heavy (non-hydrogen) atoms. The second-order valence-corrected chi connectivity index (χ2v) is 13.9. The van der Waals surface area contributed by atoms with Gasteiger partial charge in [0.15, 0.2) is 0 Å². The number of hydrogen-bond acceptors (Lipinski definition) is 1. The molecule has 0 bridgehead atoms. The van der Waals surface area contributed by atoms with Gasteiger partial charge in [-0.3, -0.25) is 0 Å². The Hall–Kier alpha value is 0.570. The van der Waals surface area contributed by atoms with Crippen LogP contribution in [0.25, 0.3) is 0 Å². The Kier molecular flexibility index (Phi) is 8.42. The SMILES string of the molecule is CC(C)(C)c1c(S)c(C(C)(C)C)c(C(C)(C)C)c(C(C)(C)C)c1C(C)(C)C.[NaH]. The summed E-state index contributed by atoms with van der Waals surface area (Å²) in [6.07, 6.45) is 0. The van der Waals surface area contributed by atoms with E-state index in [4.69, 9.17) is 12.6 Å². The van der Waals surface area contributed by atoms with E-state index in [-0.39, 0.29) is 56.6 Å². The summed E-state index contributed by atoms with van der Waals surface area (Å²) in [5.74, 6) is 0. The zero-order valence-corrected chi connectivity index (χ0v) is 21.8. The van der Waals surface area contributed by atoms with Crippen molar-refractivity contribution in [1.29, 1.82) is 0 Å². The van der Waals surface area contributed by atoms with E-state index in [0.29, 0.717) is 0 Å². The molecular weight excluding hydrogens is 367 g/mol. The van der Waals surface area contributed by atoms with Crippen LogP contribution in [0, 0.1) is 0 Å². The maximum absolute atomic E-state index is 5.24. The van der Waals surface area contributed by atoms with E-state index >= 15 is 0 Å². The summed E-state index contributed by atoms with van der Waals surface area (Å²) in [6, 6.07) is 0. The summed E-state index contributed by atoms with van der Waals surface area (Å²) in [5.41, 5.74) is 7.66. The predicted molar refractivity (Wildman–Crippen MR) is 134 cm³/mol. The third-order valence-corrected chi connectivity index (χ3v) is 5.67. The molecule has 0 amide bonds. The molecule has 1 aromatic carbocycles. The fourth-order valence-electron chi connectivity index (χ4n) is 4.45. The van der Waals surface area contributed by atoms with E-state index in [9.17, 15) is 0 Å². The molecule has 1 rings (SSSR count). The van der Waals surface area contributed by atoms with Crippen molar-refractivity contribution in [3.05, 3.63) is 27.8 Å². The number of thiol groups is 1. The van der Waals surface area contributed by atoms with Crippen molar-refractivity contribution in [2.45, 2.75) is 136 Å². The van der Waals surface area contributed by atoms with Gasteiger partial charge in [-0.15, -0.1) is 12.6 Å². The summed E-state index contributed by atoms with van der Waals surface area (Å²) >= 11 is 5.24. The molecule has 2 heteroatoms. The third-order valence-electron chi connectivity index (χ3n) is 5.22. The third kappa shape index (κ3) is 5.83. The molecule has 0 aliphatic rings. The molecule has 0 unspecified atom stereocenters. The zero-order valence-electron chi connectivity index (χ0n) is 20.9. The molecule has 0 nitrogen and oxygen atoms in total. The Morgan fingerprint density at radius 2 is 0.500 bits per heavy atom. The van der Waals surface area contributed by atoms with Gasteiger partial charge in [0.25, 0.3) is 0 Å². The maximum atomic E-state index is 5.24. The molecule has 0 fully saturated rings. The van der Waals surface area contributed by atoms with Crippen LogP contribution in [0.2, 0.25) is 0 Å². The van der Waals surface area contributed by atoms with Gasteiger partial charge in [-0.05, 0) is 54.9 Å². The molecule has 0 radical (unpaired) electrons. The summed E-state index contributed by atoms with van der Waals surface area (Å²) in [6.45, 7) is 35.4. The van der Waals surface area contributed by atoms with Gasteiger partial charge in [-0.2, -0.15) is 0 Å². The van der Waals surface area contributed by atoms with Crippen LogP contribution in [-0.2, 0) is 27.1 Å². The van der Waals surface area contributed by atoms with E-state index in [1.807, 2.05) is 0 Å². The van der Waals surface area contributed by atoms with Gasteiger partial charge in [-0.25, -0.2) is 0 Å². The van der Waals surface area contributed by atoms with Crippen LogP contribution in [0.15, 0.2) is 4.90 Å². The van der Waals surface area contributed by atoms with Crippen molar-refractivity contribution in [1.82, 2.24) is 0 Å². The summed E-state index contributed by atoms with van der Waals surface area (Å²) in [7, 11) is 0. The molecule has 0 saturated heterocycles. The van der Waals surface area contributed by atoms with Gasteiger partial charge in [-0.1, -0.05) is 104 Å². The molecule has 0 saturated carbocycles. The molecular formula is C26H47NaS. The van der Waals surface area contributed by atoms with Gasteiger partial charge in [0.05, 0.1) is 0 Å². The molecule has 0 aliphatic carbocycles. The van der Waals surface area contributed by atoms with E-state index in [1.54, 1.807) is 0 Å². The van der Waals surface area contributed by atoms with Crippen molar-refractivity contribution >= 4 is 42.2 Å². The first kappa shape index (κ1) is 28.6. The molecule has 0 N–H and O–H groups in total. The van der Waals surface area contributed by atoms with Crippen LogP contribution in [0.3, 0.4) is 0 Å². The summed E-state index contributed by atoms with van der Waals surface area (Å²) < 4.78 is 0. The minimum absolute atomic E-state index is 0. The van der Waals surface area contributed by atoms with Crippen molar-refractivity contribution in [3.63, 3.8) is 0 Å². The first-order chi connectivity index (χ1) is 11.5. The average molecular weight is 415 g/mol. The molecule has 0 heterocycles. The Morgan fingerprint density at radius 3 is 0.643 bits per heavy atom. The van der Waals surface area contributed by atoms with Gasteiger partial charge < -0.3 is 0 Å². The number of rotatable bonds is 0. The number of hydrogen-bond donors (Lipinski definition) is 1. The van der Waals surface area contributed by atoms with Gasteiger partial charge >= 0.3 is 29.6 Å². The molecule has 0 atom stereocenters. The molecule has 0 spiro atoms. The fourth-order valence-corrected chi connectivity index (χ4v) is 5.34. The van der Waals surface area contributed by atoms with Gasteiger partial charge in [0.2, 0.25) is 0 Å². The van der Waals surface area contributed by atoms with Crippen molar-refractivity contribution in [2.24, 2.45) is 0 Å². The van der Waals surface area contributed by atoms with Crippen molar-refractivity contribution in [3.8, 4) is 0 Å². The van der Waals surface area contributed by atoms with E-state index < -0.39 is 0 Å². The average Bonchev–Trinajstić information content (AvgIpc) is 2.29. The zero-order chi connectivity index (χ0) is 22.0. The van der Waals surface area contributed by atoms with Crippen molar-refractivity contribution in [2.75, 3.05) is 0 Å². The first-order valence-corrected chi connectivity index (χ1v) is 10.9. The molecule has 0 aromatic heterocycles. The second-order valence-electron chi connectivity index (χ2n) is 13.5. The van der Waals surface area contributed by atoms with Crippen LogP contribution in [0.4, 0.5) is 0 Å². The van der Waals surface area contributed by atoms with E-state index in [2.05, 4.69) is 104 Å². The van der Waals surface area contributed by atoms with Crippen LogP contribution in [0.5, 0.6) is 0 Å². The normalized spacial score (nSPS) is 14.1. The standard InChI is InChI=1S/C26H46S.Na.H/c1-22(2,3)16-17(23(4,5)6)19(25(10,11)12)21(27)20(26(13,14)15)18(16)24(7,8)9;;/h27H,1-15H3;;. The summed E-state index contributed by atoms with van der Waals surface area (Å²) in [4.78, 5) is 1.21. The van der Waals surface area contributed by atoms with Crippen LogP contribution < -0.4 is 0 Å². The van der Waals surface area contributed by atoms with Crippen LogP contribution in [-0.4, -0.2) is 29.6 Å². The summed E-state index contributed by atoms with van der Waals surface area (Å²) in [5, 5.41) is 0. The monoisotopic (exact) mass is 414 g/mol. The van der Waals surface area contributed by atoms with E-state index in [1.165, 1.54) is 32.7 Å². The minimum atomic E-state index is 0. The quantitative estimate of drug-likeness (QED) is 0.325. The Balaban J connectivity index is 0.00000729. The van der Waals surface area contributed by atoms with Gasteiger partial charge in [0, 0.05) is 4.90 Å². The molecule has 1 aromatic rings. The second kappa shape index (κ2) is 8.25. The van der Waals surface area contributed by atoms with Crippen LogP contribution >= 0.6 is 12.6 Å². The van der Waals surface area contributed by atoms with Crippen molar-refractivity contribution < 1.29 is 0 Å². The molecule has 158 valence electrons. The van der Waals surface area contributed by atoms with E-state index in [0.717, 1.165) is 0 Å². The fraction of sp³-hybridized carbons (Fsp3) is 0.769. The Labute approximate surface area is 204 Å². The Morgan fingerprint density at radius 1 is 0.357 bits per heavy atom. The topological polar surface area (TPSA) is 0 Å². The predicted octanol–water partition coefficient (Wildman–Crippen LogP) is 7.81. The van der Waals surface area contributed by atoms with Gasteiger partial charge in [0.1, 0.15) is 0 Å².